The first-order valence-electron chi connectivity index (χ1n) is 5.92. The van der Waals surface area contributed by atoms with Crippen molar-refractivity contribution >= 4 is 35.0 Å². The van der Waals surface area contributed by atoms with Crippen molar-refractivity contribution in [2.24, 2.45) is 0 Å². The van der Waals surface area contributed by atoms with Gasteiger partial charge in [-0.25, -0.2) is 14.6 Å². The zero-order valence-corrected chi connectivity index (χ0v) is 13.1. The minimum atomic E-state index is -0.880. The second kappa shape index (κ2) is 7.44. The first kappa shape index (κ1) is 16.7. The molecule has 8 heteroatoms. The van der Waals surface area contributed by atoms with E-state index in [-0.39, 0.29) is 12.5 Å². The number of thiazole rings is 1. The van der Waals surface area contributed by atoms with Gasteiger partial charge in [-0.15, -0.1) is 11.3 Å². The van der Waals surface area contributed by atoms with Crippen molar-refractivity contribution in [3.05, 3.63) is 16.6 Å². The Morgan fingerprint density at radius 1 is 1.50 bits per heavy atom. The molecule has 1 rings (SSSR count). The Labute approximate surface area is 126 Å². The minimum Gasteiger partial charge on any atom is -0.448 e. The fourth-order valence-electron chi connectivity index (χ4n) is 1.33. The van der Waals surface area contributed by atoms with Crippen LogP contribution in [-0.4, -0.2) is 34.8 Å². The summed E-state index contributed by atoms with van der Waals surface area (Å²) in [5, 5.41) is 4.96. The third kappa shape index (κ3) is 6.21. The Morgan fingerprint density at radius 3 is 2.70 bits per heavy atom. The van der Waals surface area contributed by atoms with Crippen LogP contribution < -0.4 is 5.32 Å². The number of carbonyl (C=O) groups excluding carboxylic acids is 2. The Kier molecular flexibility index (Phi) is 6.22. The number of alkyl carbamates (subject to hydrolysis) is 1. The topological polar surface area (TPSA) is 77.5 Å². The van der Waals surface area contributed by atoms with Crippen LogP contribution in [0.25, 0.3) is 0 Å². The summed E-state index contributed by atoms with van der Waals surface area (Å²) in [5.74, 6) is -0.624. The number of amides is 1. The lowest BCUT2D eigenvalue weighted by atomic mass is 10.2. The molecule has 0 bridgehead atoms. The van der Waals surface area contributed by atoms with Gasteiger partial charge in [0.15, 0.2) is 6.07 Å². The number of hydrogen-bond donors (Lipinski definition) is 1. The van der Waals surface area contributed by atoms with Gasteiger partial charge in [-0.1, -0.05) is 11.6 Å². The summed E-state index contributed by atoms with van der Waals surface area (Å²) in [5.41, 5.74) is -0.647. The van der Waals surface area contributed by atoms with E-state index in [1.165, 1.54) is 11.3 Å². The first-order chi connectivity index (χ1) is 9.31. The Balaban J connectivity index is 2.67. The highest BCUT2D eigenvalue weighted by atomic mass is 35.5. The average Bonchev–Trinajstić information content (AvgIpc) is 2.78. The number of carbonyl (C=O) groups is 2. The van der Waals surface area contributed by atoms with Crippen LogP contribution >= 0.6 is 22.9 Å². The molecule has 0 aliphatic heterocycles. The van der Waals surface area contributed by atoms with Crippen LogP contribution in [0, 0.1) is 0 Å². The van der Waals surface area contributed by atoms with Crippen molar-refractivity contribution in [2.75, 3.05) is 6.07 Å². The van der Waals surface area contributed by atoms with Crippen LogP contribution in [0.4, 0.5) is 4.79 Å². The SMILES string of the molecule is CC(C)(C)OC(=O)N[C@@H](Cc1nccs1)C(=O)OCCl. The molecule has 1 aromatic rings. The van der Waals surface area contributed by atoms with Crippen LogP contribution in [0.2, 0.25) is 0 Å². The van der Waals surface area contributed by atoms with Crippen molar-refractivity contribution < 1.29 is 19.1 Å². The van der Waals surface area contributed by atoms with Gasteiger partial charge in [-0.05, 0) is 20.8 Å². The number of halogens is 1. The molecule has 1 aromatic heterocycles. The third-order valence-corrected chi connectivity index (χ3v) is 2.95. The molecule has 0 unspecified atom stereocenters. The maximum Gasteiger partial charge on any atom is 0.408 e. The molecular weight excluding hydrogens is 304 g/mol. The Hall–Kier alpha value is -1.34. The molecule has 0 saturated heterocycles. The van der Waals surface area contributed by atoms with Gasteiger partial charge >= 0.3 is 12.1 Å². The number of nitrogens with zero attached hydrogens (tertiary/aromatic N) is 1. The molecule has 1 heterocycles. The van der Waals surface area contributed by atoms with E-state index < -0.39 is 23.7 Å². The smallest absolute Gasteiger partial charge is 0.408 e. The molecule has 0 spiro atoms. The molecule has 0 aliphatic carbocycles. The van der Waals surface area contributed by atoms with E-state index in [4.69, 9.17) is 21.1 Å². The van der Waals surface area contributed by atoms with Crippen LogP contribution in [0.1, 0.15) is 25.8 Å². The summed E-state index contributed by atoms with van der Waals surface area (Å²) in [4.78, 5) is 27.6. The fourth-order valence-corrected chi connectivity index (χ4v) is 2.10. The Morgan fingerprint density at radius 2 is 2.20 bits per heavy atom. The molecule has 0 aliphatic rings. The molecule has 1 amide bonds. The quantitative estimate of drug-likeness (QED) is 0.665. The monoisotopic (exact) mass is 320 g/mol. The van der Waals surface area contributed by atoms with E-state index in [9.17, 15) is 9.59 Å². The van der Waals surface area contributed by atoms with Gasteiger partial charge < -0.3 is 14.8 Å². The van der Waals surface area contributed by atoms with Gasteiger partial charge in [-0.2, -0.15) is 0 Å². The fraction of sp³-hybridized carbons (Fsp3) is 0.583. The normalized spacial score (nSPS) is 12.6. The molecule has 0 saturated carbocycles. The van der Waals surface area contributed by atoms with Crippen molar-refractivity contribution in [1.29, 1.82) is 0 Å². The van der Waals surface area contributed by atoms with Gasteiger partial charge in [0.25, 0.3) is 0 Å². The highest BCUT2D eigenvalue weighted by molar-refractivity contribution is 7.09. The van der Waals surface area contributed by atoms with Gasteiger partial charge in [0.2, 0.25) is 0 Å². The second-order valence-electron chi connectivity index (χ2n) is 4.90. The standard InChI is InChI=1S/C12H17ClN2O4S/c1-12(2,3)19-11(17)15-8(10(16)18-7-13)6-9-14-4-5-20-9/h4-5,8H,6-7H2,1-3H3,(H,15,17)/t8-/m0/s1. The number of ether oxygens (including phenoxy) is 2. The summed E-state index contributed by atoms with van der Waals surface area (Å²) in [7, 11) is 0. The molecule has 20 heavy (non-hydrogen) atoms. The van der Waals surface area contributed by atoms with Gasteiger partial charge in [0.1, 0.15) is 11.6 Å². The van der Waals surface area contributed by atoms with Crippen LogP contribution in [0.15, 0.2) is 11.6 Å². The predicted molar refractivity (Wildman–Crippen MR) is 75.8 cm³/mol. The molecule has 0 fully saturated rings. The lowest BCUT2D eigenvalue weighted by Crippen LogP contribution is -2.45. The van der Waals surface area contributed by atoms with E-state index in [1.54, 1.807) is 32.3 Å². The van der Waals surface area contributed by atoms with Crippen LogP contribution in [0.3, 0.4) is 0 Å². The van der Waals surface area contributed by atoms with Crippen molar-refractivity contribution in [1.82, 2.24) is 10.3 Å². The number of alkyl halides is 1. The van der Waals surface area contributed by atoms with Gasteiger partial charge in [-0.3, -0.25) is 0 Å². The highest BCUT2D eigenvalue weighted by Crippen LogP contribution is 2.11. The van der Waals surface area contributed by atoms with Gasteiger partial charge in [0, 0.05) is 18.0 Å². The number of hydrogen-bond acceptors (Lipinski definition) is 6. The van der Waals surface area contributed by atoms with Crippen LogP contribution in [-0.2, 0) is 20.7 Å². The maximum atomic E-state index is 11.8. The zero-order valence-electron chi connectivity index (χ0n) is 11.5. The molecule has 0 aromatic carbocycles. The summed E-state index contributed by atoms with van der Waals surface area (Å²) in [6, 6.07) is -1.15. The maximum absolute atomic E-state index is 11.8. The lowest BCUT2D eigenvalue weighted by molar-refractivity contribution is -0.144. The number of esters is 1. The number of nitrogens with one attached hydrogen (secondary N) is 1. The van der Waals surface area contributed by atoms with E-state index >= 15 is 0 Å². The lowest BCUT2D eigenvalue weighted by Gasteiger charge is -2.22. The summed E-state index contributed by atoms with van der Waals surface area (Å²) in [6.45, 7) is 5.21. The third-order valence-electron chi connectivity index (χ3n) is 2.03. The first-order valence-corrected chi connectivity index (χ1v) is 7.33. The summed E-state index contributed by atoms with van der Waals surface area (Å²) < 4.78 is 9.82. The van der Waals surface area contributed by atoms with Gasteiger partial charge in [0.05, 0.1) is 5.01 Å². The van der Waals surface area contributed by atoms with Crippen molar-refractivity contribution in [2.45, 2.75) is 38.8 Å². The predicted octanol–water partition coefficient (Wildman–Crippen LogP) is 2.32. The minimum absolute atomic E-state index is 0.229. The van der Waals surface area contributed by atoms with E-state index in [0.29, 0.717) is 5.01 Å². The average molecular weight is 321 g/mol. The molecule has 6 nitrogen and oxygen atoms in total. The van der Waals surface area contributed by atoms with Crippen LogP contribution in [0.5, 0.6) is 0 Å². The van der Waals surface area contributed by atoms with E-state index in [1.807, 2.05) is 0 Å². The largest absolute Gasteiger partial charge is 0.448 e. The summed E-state index contributed by atoms with van der Waals surface area (Å²) in [6.07, 6.45) is 1.16. The molecule has 1 N–H and O–H groups in total. The number of aromatic nitrogens is 1. The molecule has 1 atom stereocenters. The zero-order chi connectivity index (χ0) is 15.2. The molecule has 0 radical (unpaired) electrons. The molecule has 112 valence electrons. The Bertz CT molecular complexity index is 445. The second-order valence-corrected chi connectivity index (χ2v) is 6.10. The summed E-state index contributed by atoms with van der Waals surface area (Å²) >= 11 is 6.75. The van der Waals surface area contributed by atoms with E-state index in [2.05, 4.69) is 10.3 Å². The highest BCUT2D eigenvalue weighted by Gasteiger charge is 2.26. The van der Waals surface area contributed by atoms with Crippen molar-refractivity contribution in [3.8, 4) is 0 Å². The van der Waals surface area contributed by atoms with Crippen molar-refractivity contribution in [3.63, 3.8) is 0 Å². The molecular formula is C12H17ClN2O4S. The number of rotatable bonds is 5. The van der Waals surface area contributed by atoms with E-state index in [0.717, 1.165) is 0 Å².